The van der Waals surface area contributed by atoms with Crippen molar-refractivity contribution in [1.82, 2.24) is 0 Å². The van der Waals surface area contributed by atoms with E-state index in [1.54, 1.807) is 6.92 Å². The van der Waals surface area contributed by atoms with Gasteiger partial charge in [0, 0.05) is 0 Å². The Morgan fingerprint density at radius 1 is 1.25 bits per heavy atom. The molecule has 24 heavy (non-hydrogen) atoms. The molecule has 3 aliphatic rings. The van der Waals surface area contributed by atoms with Gasteiger partial charge in [-0.05, 0) is 68.1 Å². The molecule has 0 radical (unpaired) electrons. The van der Waals surface area contributed by atoms with Crippen LogP contribution in [0.3, 0.4) is 0 Å². The van der Waals surface area contributed by atoms with E-state index in [0.717, 1.165) is 44.1 Å². The molecular formula is C20H30O4. The van der Waals surface area contributed by atoms with Crippen molar-refractivity contribution in [1.29, 1.82) is 0 Å². The highest BCUT2D eigenvalue weighted by atomic mass is 16.4. The first-order valence-corrected chi connectivity index (χ1v) is 9.26. The van der Waals surface area contributed by atoms with Crippen molar-refractivity contribution in [2.75, 3.05) is 0 Å². The summed E-state index contributed by atoms with van der Waals surface area (Å²) in [7, 11) is 0. The number of allylic oxidation sites excluding steroid dienone is 1. The zero-order chi connectivity index (χ0) is 17.9. The number of hydrogen-bond acceptors (Lipinski definition) is 2. The number of hydrogen-bond donors (Lipinski definition) is 2. The predicted molar refractivity (Wildman–Crippen MR) is 91.5 cm³/mol. The zero-order valence-electron chi connectivity index (χ0n) is 15.1. The molecule has 4 heteroatoms. The Morgan fingerprint density at radius 3 is 2.46 bits per heavy atom. The number of carboxylic acids is 2. The van der Waals surface area contributed by atoms with Crippen LogP contribution in [-0.2, 0) is 9.59 Å². The highest BCUT2D eigenvalue weighted by Crippen LogP contribution is 2.74. The molecule has 3 saturated carbocycles. The molecule has 0 aromatic carbocycles. The van der Waals surface area contributed by atoms with E-state index >= 15 is 0 Å². The van der Waals surface area contributed by atoms with Crippen molar-refractivity contribution in [3.8, 4) is 0 Å². The highest BCUT2D eigenvalue weighted by Gasteiger charge is 2.72. The van der Waals surface area contributed by atoms with Crippen LogP contribution >= 0.6 is 0 Å². The molecule has 6 atom stereocenters. The smallest absolute Gasteiger partial charge is 0.309 e. The Balaban J connectivity index is 2.23. The van der Waals surface area contributed by atoms with Crippen LogP contribution in [0.15, 0.2) is 12.2 Å². The Morgan fingerprint density at radius 2 is 1.92 bits per heavy atom. The Hall–Kier alpha value is -1.32. The van der Waals surface area contributed by atoms with E-state index in [4.69, 9.17) is 0 Å². The van der Waals surface area contributed by atoms with Crippen LogP contribution < -0.4 is 0 Å². The van der Waals surface area contributed by atoms with Gasteiger partial charge in [-0.3, -0.25) is 9.59 Å². The van der Waals surface area contributed by atoms with Crippen LogP contribution in [0.1, 0.15) is 65.7 Å². The van der Waals surface area contributed by atoms with E-state index < -0.39 is 23.3 Å². The molecule has 3 aliphatic carbocycles. The minimum Gasteiger partial charge on any atom is -0.481 e. The van der Waals surface area contributed by atoms with Gasteiger partial charge < -0.3 is 10.2 Å². The van der Waals surface area contributed by atoms with Crippen LogP contribution in [-0.4, -0.2) is 22.2 Å². The van der Waals surface area contributed by atoms with E-state index in [2.05, 4.69) is 20.4 Å². The summed E-state index contributed by atoms with van der Waals surface area (Å²) in [5.41, 5.74) is -0.345. The monoisotopic (exact) mass is 334 g/mol. The molecular weight excluding hydrogens is 304 g/mol. The van der Waals surface area contributed by atoms with Gasteiger partial charge in [-0.25, -0.2) is 0 Å². The van der Waals surface area contributed by atoms with Crippen molar-refractivity contribution < 1.29 is 19.8 Å². The SMILES string of the molecule is C=C1CC[C@H]2[C@]3(C)CCC[C@@](C)(C(=O)O)[C@H]3[C@H](C(=O)O)[C@]2(CC)C1. The lowest BCUT2D eigenvalue weighted by Gasteiger charge is -2.50. The maximum absolute atomic E-state index is 12.4. The maximum atomic E-state index is 12.4. The number of aliphatic carboxylic acids is 2. The fourth-order valence-electron chi connectivity index (χ4n) is 7.19. The van der Waals surface area contributed by atoms with Gasteiger partial charge in [0.25, 0.3) is 0 Å². The lowest BCUT2D eigenvalue weighted by Crippen LogP contribution is -2.50. The summed E-state index contributed by atoms with van der Waals surface area (Å²) in [6, 6.07) is 0. The average molecular weight is 334 g/mol. The molecule has 0 spiro atoms. The van der Waals surface area contributed by atoms with Gasteiger partial charge in [-0.15, -0.1) is 0 Å². The van der Waals surface area contributed by atoms with Crippen molar-refractivity contribution in [3.05, 3.63) is 12.2 Å². The summed E-state index contributed by atoms with van der Waals surface area (Å²) in [6.07, 6.45) is 5.84. The second-order valence-corrected chi connectivity index (χ2v) is 8.98. The molecule has 0 heterocycles. The molecule has 0 aliphatic heterocycles. The van der Waals surface area contributed by atoms with Crippen LogP contribution in [0, 0.1) is 34.0 Å². The van der Waals surface area contributed by atoms with Crippen LogP contribution in [0.4, 0.5) is 0 Å². The van der Waals surface area contributed by atoms with Gasteiger partial charge in [0.2, 0.25) is 0 Å². The molecule has 134 valence electrons. The molecule has 0 saturated heterocycles. The topological polar surface area (TPSA) is 74.6 Å². The first-order valence-electron chi connectivity index (χ1n) is 9.26. The van der Waals surface area contributed by atoms with Crippen molar-refractivity contribution in [3.63, 3.8) is 0 Å². The molecule has 0 bridgehead atoms. The Bertz CT molecular complexity index is 596. The summed E-state index contributed by atoms with van der Waals surface area (Å²) in [4.78, 5) is 24.6. The summed E-state index contributed by atoms with van der Waals surface area (Å²) < 4.78 is 0. The van der Waals surface area contributed by atoms with E-state index in [0.29, 0.717) is 6.42 Å². The van der Waals surface area contributed by atoms with Crippen LogP contribution in [0.25, 0.3) is 0 Å². The third-order valence-corrected chi connectivity index (χ3v) is 8.03. The quantitative estimate of drug-likeness (QED) is 0.752. The second kappa shape index (κ2) is 5.34. The first-order chi connectivity index (χ1) is 11.1. The van der Waals surface area contributed by atoms with E-state index in [1.807, 2.05) is 0 Å². The first kappa shape index (κ1) is 17.5. The minimum atomic E-state index is -0.948. The minimum absolute atomic E-state index is 0.203. The Kier molecular flexibility index (Phi) is 3.89. The molecule has 3 rings (SSSR count). The van der Waals surface area contributed by atoms with Crippen molar-refractivity contribution in [2.24, 2.45) is 34.0 Å². The number of rotatable bonds is 3. The van der Waals surface area contributed by atoms with E-state index in [9.17, 15) is 19.8 Å². The number of carboxylic acid groups (broad SMARTS) is 2. The third-order valence-electron chi connectivity index (χ3n) is 8.03. The largest absolute Gasteiger partial charge is 0.481 e. The molecule has 4 nitrogen and oxygen atoms in total. The molecule has 0 aromatic heterocycles. The fourth-order valence-corrected chi connectivity index (χ4v) is 7.19. The zero-order valence-corrected chi connectivity index (χ0v) is 15.1. The van der Waals surface area contributed by atoms with Crippen molar-refractivity contribution in [2.45, 2.75) is 65.7 Å². The van der Waals surface area contributed by atoms with Crippen LogP contribution in [0.5, 0.6) is 0 Å². The number of carbonyl (C=O) groups is 2. The standard InChI is InChI=1S/C20H30O4/c1-5-20-11-12(2)7-8-13(20)18(3)9-6-10-19(4,17(23)24)15(18)14(20)16(21)22/h13-15H,2,5-11H2,1,3-4H3,(H,21,22)(H,23,24)/t13-,14+,15-,18-,19+,20+/m0/s1. The normalized spacial score (nSPS) is 47.8. The van der Waals surface area contributed by atoms with Gasteiger partial charge in [0.05, 0.1) is 11.3 Å². The van der Waals surface area contributed by atoms with Gasteiger partial charge in [0.1, 0.15) is 0 Å². The van der Waals surface area contributed by atoms with Gasteiger partial charge >= 0.3 is 11.9 Å². The van der Waals surface area contributed by atoms with E-state index in [-0.39, 0.29) is 22.7 Å². The predicted octanol–water partition coefficient (Wildman–Crippen LogP) is 4.35. The summed E-state index contributed by atoms with van der Waals surface area (Å²) >= 11 is 0. The lowest BCUT2D eigenvalue weighted by molar-refractivity contribution is -0.166. The van der Waals surface area contributed by atoms with Gasteiger partial charge in [-0.1, -0.05) is 32.4 Å². The molecule has 0 aromatic rings. The molecule has 3 fully saturated rings. The molecule has 2 N–H and O–H groups in total. The molecule has 0 unspecified atom stereocenters. The fraction of sp³-hybridized carbons (Fsp3) is 0.800. The van der Waals surface area contributed by atoms with E-state index in [1.165, 1.54) is 0 Å². The van der Waals surface area contributed by atoms with Gasteiger partial charge in [-0.2, -0.15) is 0 Å². The summed E-state index contributed by atoms with van der Waals surface area (Å²) in [6.45, 7) is 10.2. The maximum Gasteiger partial charge on any atom is 0.309 e. The summed E-state index contributed by atoms with van der Waals surface area (Å²) in [5.74, 6) is -2.24. The van der Waals surface area contributed by atoms with Crippen LogP contribution in [0.2, 0.25) is 0 Å². The number of fused-ring (bicyclic) bond motifs is 3. The highest BCUT2D eigenvalue weighted by molar-refractivity contribution is 5.79. The average Bonchev–Trinajstić information content (AvgIpc) is 2.74. The second-order valence-electron chi connectivity index (χ2n) is 8.98. The van der Waals surface area contributed by atoms with Gasteiger partial charge in [0.15, 0.2) is 0 Å². The van der Waals surface area contributed by atoms with Crippen molar-refractivity contribution >= 4 is 11.9 Å². The lowest BCUT2D eigenvalue weighted by atomic mass is 9.53. The Labute approximate surface area is 144 Å². The summed E-state index contributed by atoms with van der Waals surface area (Å²) in [5, 5.41) is 20.2. The molecule has 0 amide bonds. The third kappa shape index (κ3) is 1.98.